The van der Waals surface area contributed by atoms with Crippen LogP contribution in [0.25, 0.3) is 0 Å². The lowest BCUT2D eigenvalue weighted by molar-refractivity contribution is 0.0168. The largest absolute Gasteiger partial charge is 0.671 e. The molecule has 0 amide bonds. The van der Waals surface area contributed by atoms with Crippen molar-refractivity contribution in [3.8, 4) is 0 Å². The van der Waals surface area contributed by atoms with Gasteiger partial charge in [-0.25, -0.2) is 0 Å². The van der Waals surface area contributed by atoms with Crippen LogP contribution in [0.5, 0.6) is 0 Å². The second-order valence-corrected chi connectivity index (χ2v) is 6.91. The lowest BCUT2D eigenvalue weighted by Crippen LogP contribution is -2.42. The summed E-state index contributed by atoms with van der Waals surface area (Å²) in [4.78, 5) is 26.8. The van der Waals surface area contributed by atoms with Gasteiger partial charge in [-0.15, -0.1) is 0 Å². The first kappa shape index (κ1) is 19.1. The van der Waals surface area contributed by atoms with Crippen molar-refractivity contribution in [2.45, 2.75) is 85.2 Å². The molecule has 0 aliphatic rings. The number of rotatable bonds is 11. The van der Waals surface area contributed by atoms with Gasteiger partial charge in [-0.1, -0.05) is 59.8 Å². The standard InChI is InChI=1S/C14H32O4Si/c1-5-13(18-19(15,16)17)11-9-10-12-14(6-2,7-3)8-4/h13,15-17H,5-12H2,1-4H3. The van der Waals surface area contributed by atoms with Gasteiger partial charge in [-0.2, -0.15) is 0 Å². The van der Waals surface area contributed by atoms with Crippen LogP contribution < -0.4 is 0 Å². The second kappa shape index (κ2) is 9.08. The van der Waals surface area contributed by atoms with Crippen molar-refractivity contribution in [1.82, 2.24) is 0 Å². The van der Waals surface area contributed by atoms with Gasteiger partial charge in [-0.05, 0) is 24.7 Å². The van der Waals surface area contributed by atoms with Crippen LogP contribution in [0.2, 0.25) is 0 Å². The Labute approximate surface area is 119 Å². The molecule has 0 aromatic heterocycles. The van der Waals surface area contributed by atoms with Gasteiger partial charge in [0, 0.05) is 0 Å². The minimum Gasteiger partial charge on any atom is -0.368 e. The van der Waals surface area contributed by atoms with Gasteiger partial charge in [-0.3, -0.25) is 0 Å². The first-order valence-corrected chi connectivity index (χ1v) is 9.42. The third-order valence-corrected chi connectivity index (χ3v) is 5.16. The summed E-state index contributed by atoms with van der Waals surface area (Å²) < 4.78 is 4.90. The average molecular weight is 292 g/mol. The summed E-state index contributed by atoms with van der Waals surface area (Å²) in [5, 5.41) is 0. The minimum atomic E-state index is -4.36. The Morgan fingerprint density at radius 2 is 1.47 bits per heavy atom. The Balaban J connectivity index is 4.01. The maximum absolute atomic E-state index is 8.95. The fourth-order valence-electron chi connectivity index (χ4n) is 2.72. The van der Waals surface area contributed by atoms with Crippen LogP contribution in [0.1, 0.15) is 79.1 Å². The maximum atomic E-state index is 8.95. The fraction of sp³-hybridized carbons (Fsp3) is 1.00. The van der Waals surface area contributed by atoms with Crippen LogP contribution in [0.3, 0.4) is 0 Å². The Morgan fingerprint density at radius 1 is 0.947 bits per heavy atom. The predicted molar refractivity (Wildman–Crippen MR) is 79.3 cm³/mol. The predicted octanol–water partition coefficient (Wildman–Crippen LogP) is 2.97. The third kappa shape index (κ3) is 8.04. The van der Waals surface area contributed by atoms with E-state index in [0.29, 0.717) is 11.8 Å². The molecule has 1 unspecified atom stereocenters. The average Bonchev–Trinajstić information content (AvgIpc) is 2.37. The zero-order valence-corrected chi connectivity index (χ0v) is 14.0. The van der Waals surface area contributed by atoms with E-state index in [1.165, 1.54) is 25.7 Å². The van der Waals surface area contributed by atoms with E-state index in [-0.39, 0.29) is 6.10 Å². The van der Waals surface area contributed by atoms with Crippen LogP contribution in [0.15, 0.2) is 0 Å². The van der Waals surface area contributed by atoms with Gasteiger partial charge in [0.15, 0.2) is 0 Å². The van der Waals surface area contributed by atoms with E-state index < -0.39 is 9.05 Å². The quantitative estimate of drug-likeness (QED) is 0.404. The Morgan fingerprint density at radius 3 is 1.84 bits per heavy atom. The van der Waals surface area contributed by atoms with Gasteiger partial charge in [0.05, 0.1) is 6.10 Å². The molecule has 0 saturated carbocycles. The van der Waals surface area contributed by atoms with Crippen molar-refractivity contribution in [3.05, 3.63) is 0 Å². The highest BCUT2D eigenvalue weighted by atomic mass is 28.4. The van der Waals surface area contributed by atoms with Gasteiger partial charge >= 0.3 is 9.05 Å². The lowest BCUT2D eigenvalue weighted by atomic mass is 9.75. The topological polar surface area (TPSA) is 69.9 Å². The SMILES string of the molecule is CCC(CCCCC(CC)(CC)CC)O[Si](O)(O)O. The molecule has 0 saturated heterocycles. The Kier molecular flexibility index (Phi) is 9.10. The highest BCUT2D eigenvalue weighted by molar-refractivity contribution is 6.48. The van der Waals surface area contributed by atoms with Crippen molar-refractivity contribution in [1.29, 1.82) is 0 Å². The molecule has 0 heterocycles. The van der Waals surface area contributed by atoms with Crippen LogP contribution in [-0.4, -0.2) is 29.5 Å². The summed E-state index contributed by atoms with van der Waals surface area (Å²) >= 11 is 0. The van der Waals surface area contributed by atoms with Gasteiger partial charge in [0.25, 0.3) is 0 Å². The van der Waals surface area contributed by atoms with Crippen LogP contribution >= 0.6 is 0 Å². The molecule has 0 rings (SSSR count). The molecule has 3 N–H and O–H groups in total. The van der Waals surface area contributed by atoms with Crippen molar-refractivity contribution < 1.29 is 18.8 Å². The zero-order valence-electron chi connectivity index (χ0n) is 13.0. The molecule has 0 radical (unpaired) electrons. The van der Waals surface area contributed by atoms with Crippen LogP contribution in [-0.2, 0) is 4.43 Å². The van der Waals surface area contributed by atoms with E-state index >= 15 is 0 Å². The fourth-order valence-corrected chi connectivity index (χ4v) is 3.45. The van der Waals surface area contributed by atoms with Crippen molar-refractivity contribution in [2.75, 3.05) is 0 Å². The summed E-state index contributed by atoms with van der Waals surface area (Å²) in [6, 6.07) is 0. The smallest absolute Gasteiger partial charge is 0.368 e. The van der Waals surface area contributed by atoms with Gasteiger partial charge in [0.1, 0.15) is 0 Å². The van der Waals surface area contributed by atoms with Gasteiger partial charge in [0.2, 0.25) is 0 Å². The lowest BCUT2D eigenvalue weighted by Gasteiger charge is -2.30. The Bertz CT molecular complexity index is 216. The van der Waals surface area contributed by atoms with E-state index in [9.17, 15) is 0 Å². The Hall–Kier alpha value is 0.0569. The molecule has 0 aliphatic carbocycles. The molecule has 0 bridgehead atoms. The molecule has 0 aromatic rings. The van der Waals surface area contributed by atoms with Crippen molar-refractivity contribution in [2.24, 2.45) is 5.41 Å². The molecule has 116 valence electrons. The third-order valence-electron chi connectivity index (χ3n) is 4.51. The highest BCUT2D eigenvalue weighted by Gasteiger charge is 2.33. The highest BCUT2D eigenvalue weighted by Crippen LogP contribution is 2.36. The summed E-state index contributed by atoms with van der Waals surface area (Å²) in [7, 11) is -4.36. The zero-order chi connectivity index (χ0) is 14.9. The van der Waals surface area contributed by atoms with Crippen LogP contribution in [0, 0.1) is 5.41 Å². The summed E-state index contributed by atoms with van der Waals surface area (Å²) in [6.07, 6.45) is 8.22. The summed E-state index contributed by atoms with van der Waals surface area (Å²) in [5.41, 5.74) is 0.464. The molecule has 0 fully saturated rings. The molecule has 0 spiro atoms. The van der Waals surface area contributed by atoms with E-state index in [0.717, 1.165) is 19.3 Å². The van der Waals surface area contributed by atoms with Crippen molar-refractivity contribution in [3.63, 3.8) is 0 Å². The molecular weight excluding hydrogens is 260 g/mol. The summed E-state index contributed by atoms with van der Waals surface area (Å²) in [5.74, 6) is 0. The molecular formula is C14H32O4Si. The van der Waals surface area contributed by atoms with Gasteiger partial charge < -0.3 is 18.8 Å². The van der Waals surface area contributed by atoms with E-state index in [1.54, 1.807) is 0 Å². The second-order valence-electron chi connectivity index (χ2n) is 5.53. The molecule has 4 nitrogen and oxygen atoms in total. The maximum Gasteiger partial charge on any atom is 0.671 e. The van der Waals surface area contributed by atoms with E-state index in [1.807, 2.05) is 6.92 Å². The van der Waals surface area contributed by atoms with E-state index in [2.05, 4.69) is 20.8 Å². The van der Waals surface area contributed by atoms with E-state index in [4.69, 9.17) is 18.8 Å². The molecule has 0 aliphatic heterocycles. The monoisotopic (exact) mass is 292 g/mol. The molecule has 19 heavy (non-hydrogen) atoms. The summed E-state index contributed by atoms with van der Waals surface area (Å²) in [6.45, 7) is 8.70. The number of unbranched alkanes of at least 4 members (excludes halogenated alkanes) is 1. The first-order valence-electron chi connectivity index (χ1n) is 7.67. The molecule has 5 heteroatoms. The normalized spacial score (nSPS) is 14.7. The minimum absolute atomic E-state index is 0.244. The van der Waals surface area contributed by atoms with Crippen molar-refractivity contribution >= 4 is 9.05 Å². The number of hydrogen-bond acceptors (Lipinski definition) is 4. The molecule has 0 aromatic carbocycles. The first-order chi connectivity index (χ1) is 8.82. The molecule has 1 atom stereocenters. The van der Waals surface area contributed by atoms with Crippen LogP contribution in [0.4, 0.5) is 0 Å². The number of hydrogen-bond donors (Lipinski definition) is 3.